The zero-order chi connectivity index (χ0) is 105. The number of aromatic nitrogens is 15. The monoisotopic (exact) mass is 2170 g/mol. The predicted molar refractivity (Wildman–Crippen MR) is 599 cm³/mol. The maximum Gasteiger partial charge on any atom is 0.246 e. The summed E-state index contributed by atoms with van der Waals surface area (Å²) in [6, 6.07) is 9.67. The Kier molecular flexibility index (Phi) is 40.0. The summed E-state index contributed by atoms with van der Waals surface area (Å²) in [5.41, 5.74) is 11.2. The van der Waals surface area contributed by atoms with Gasteiger partial charge >= 0.3 is 0 Å². The smallest absolute Gasteiger partial charge is 0.246 e. The normalized spacial score (nSPS) is 22.4. The third-order valence-electron chi connectivity index (χ3n) is 31.2. The lowest BCUT2D eigenvalue weighted by molar-refractivity contribution is -0.129. The largest absolute Gasteiger partial charge is 0.414 e. The Morgan fingerprint density at radius 2 is 0.817 bits per heavy atom. The van der Waals surface area contributed by atoms with Crippen LogP contribution in [0.25, 0.3) is 55.2 Å². The predicted octanol–water partition coefficient (Wildman–Crippen LogP) is 23.2. The number of hydrogen-bond donors (Lipinski definition) is 8. The molecule has 10 aromatic heterocycles. The van der Waals surface area contributed by atoms with Crippen molar-refractivity contribution in [2.45, 2.75) is 402 Å². The van der Waals surface area contributed by atoms with E-state index in [-0.39, 0.29) is 44.8 Å². The fourth-order valence-corrected chi connectivity index (χ4v) is 26.1. The maximum absolute atomic E-state index is 11.8. The minimum absolute atomic E-state index is 0.131. The van der Waals surface area contributed by atoms with E-state index in [0.29, 0.717) is 106 Å². The summed E-state index contributed by atoms with van der Waals surface area (Å²) in [4.78, 5) is 59.1. The molecule has 782 valence electrons. The van der Waals surface area contributed by atoms with Gasteiger partial charge in [0, 0.05) is 137 Å². The van der Waals surface area contributed by atoms with Crippen molar-refractivity contribution < 1.29 is 37.1 Å². The Morgan fingerprint density at radius 3 is 1.25 bits per heavy atom. The molecular formula is C104H169ClIN23O8Si5. The zero-order valence-corrected chi connectivity index (χ0v) is 98.6. The number of rotatable bonds is 19. The number of aliphatic hydroxyl groups excluding tert-OH is 2. The third-order valence-corrected chi connectivity index (χ3v) is 55.0. The number of carbonyl (C=O) groups excluding carboxylic acids is 1. The van der Waals surface area contributed by atoms with E-state index >= 15 is 0 Å². The number of H-pyrrole nitrogens is 1. The van der Waals surface area contributed by atoms with Crippen molar-refractivity contribution in [1.82, 2.24) is 78.0 Å². The highest BCUT2D eigenvalue weighted by molar-refractivity contribution is 14.1. The van der Waals surface area contributed by atoms with E-state index in [1.807, 2.05) is 66.5 Å². The summed E-state index contributed by atoms with van der Waals surface area (Å²) in [5, 5.41) is 58.8. The van der Waals surface area contributed by atoms with Crippen LogP contribution < -0.4 is 27.0 Å². The zero-order valence-electron chi connectivity index (χ0n) is 90.7. The van der Waals surface area contributed by atoms with Crippen molar-refractivity contribution in [1.29, 1.82) is 10.5 Å². The van der Waals surface area contributed by atoms with Crippen molar-refractivity contribution in [3.05, 3.63) is 107 Å². The van der Waals surface area contributed by atoms with Crippen LogP contribution in [0.3, 0.4) is 0 Å². The van der Waals surface area contributed by atoms with Crippen LogP contribution in [-0.4, -0.2) is 222 Å². The highest BCUT2D eigenvalue weighted by Crippen LogP contribution is 2.46. The van der Waals surface area contributed by atoms with Gasteiger partial charge in [-0.3, -0.25) is 4.79 Å². The van der Waals surface area contributed by atoms with Crippen LogP contribution in [0.2, 0.25) is 95.8 Å². The average Bonchev–Trinajstić information content (AvgIpc) is 1.74. The van der Waals surface area contributed by atoms with E-state index in [1.54, 1.807) is 30.1 Å². The average molecular weight is 2170 g/mol. The van der Waals surface area contributed by atoms with Gasteiger partial charge in [-0.05, 0) is 266 Å². The van der Waals surface area contributed by atoms with Gasteiger partial charge in [0.2, 0.25) is 5.91 Å². The molecule has 38 heteroatoms. The Labute approximate surface area is 869 Å². The number of nitrogens with two attached hydrogens (primary N) is 1. The summed E-state index contributed by atoms with van der Waals surface area (Å²) < 4.78 is 41.7. The number of piperidine rings is 1. The van der Waals surface area contributed by atoms with E-state index in [0.717, 1.165) is 132 Å². The second-order valence-electron chi connectivity index (χ2n) is 47.6. The molecule has 1 aliphatic heterocycles. The lowest BCUT2D eigenvalue weighted by Crippen LogP contribution is -2.50. The molecule has 0 spiro atoms. The van der Waals surface area contributed by atoms with Gasteiger partial charge in [0.05, 0.1) is 50.3 Å². The number of hydrogen-bond acceptors (Lipinski definition) is 25. The molecule has 5 saturated carbocycles. The SMILES string of the molecule is C=CC(=O)N1C[C@@H](O)C[C@@H](Nc2ncnc3[nH]cc(C#N)c23)C1.CC(C)(C)[Si](C)(C)O[C@@H]1CCC[C@H](N)C1.CC(C)(C)[Si](C)(C)O[C@@H]1CCC[C@H](O)C1.Cn1cc(C#N)c2c(N[C@H]3CCC[C@@H](O[Si](C)(C)C(C)(C)C)C3)ncnc21.Cn1cc(I)c2c(N[C@H]3CCC[C@@H](O[Si](C)(C)C(C)(C)C)C3)ncnc21.Cn1ccc2c(Cl)ncnc21.Cn1ccc2c(N[C@H]3CCC[C@@H](O[Si](C)(C)C(C)(C)C)C3)ncnc21. The molecule has 1 saturated heterocycles. The van der Waals surface area contributed by atoms with Crippen molar-refractivity contribution in [2.24, 2.45) is 33.9 Å². The number of fused-ring (bicyclic) bond motifs is 5. The van der Waals surface area contributed by atoms with Gasteiger partial charge in [-0.25, -0.2) is 49.8 Å². The first-order valence-corrected chi connectivity index (χ1v) is 67.3. The lowest BCUT2D eigenvalue weighted by atomic mass is 9.93. The molecule has 0 radical (unpaired) electrons. The molecule has 1 amide bonds. The number of β-amino-alcohol motifs (C(OH)–C–C–N with tert-alkyl or cyclic N) is 1. The Morgan fingerprint density at radius 1 is 0.451 bits per heavy atom. The van der Waals surface area contributed by atoms with Crippen LogP contribution in [0, 0.1) is 26.2 Å². The van der Waals surface area contributed by atoms with Crippen molar-refractivity contribution in [2.75, 3.05) is 34.4 Å². The van der Waals surface area contributed by atoms with Gasteiger partial charge in [-0.1, -0.05) is 122 Å². The number of nitrogens with one attached hydrogen (secondary N) is 5. The third kappa shape index (κ3) is 31.0. The number of aromatic amines is 1. The number of carbonyl (C=O) groups is 1. The topological polar surface area (TPSA) is 393 Å². The van der Waals surface area contributed by atoms with Crippen molar-refractivity contribution >= 4 is 160 Å². The summed E-state index contributed by atoms with van der Waals surface area (Å²) in [6.07, 6.45) is 42.2. The number of amides is 1. The van der Waals surface area contributed by atoms with E-state index < -0.39 is 47.7 Å². The van der Waals surface area contributed by atoms with Crippen LogP contribution in [-0.2, 0) is 55.1 Å². The summed E-state index contributed by atoms with van der Waals surface area (Å²) >= 11 is 8.18. The molecule has 11 heterocycles. The fraction of sp³-hybridized carbons (Fsp3) is 0.663. The lowest BCUT2D eigenvalue weighted by Gasteiger charge is -2.41. The van der Waals surface area contributed by atoms with Crippen LogP contribution in [0.5, 0.6) is 0 Å². The first-order valence-electron chi connectivity index (χ1n) is 51.3. The molecular weight excluding hydrogens is 2000 g/mol. The number of nitrogens with zero attached hydrogens (tertiary/aromatic N) is 17. The van der Waals surface area contributed by atoms with Gasteiger partial charge < -0.3 is 87.5 Å². The first kappa shape index (κ1) is 116. The van der Waals surface area contributed by atoms with Gasteiger partial charge in [0.25, 0.3) is 0 Å². The molecule has 6 aliphatic rings. The fourth-order valence-electron chi connectivity index (χ4n) is 18.0. The quantitative estimate of drug-likeness (QED) is 0.0161. The molecule has 0 aromatic carbocycles. The Bertz CT molecular complexity index is 5850. The molecule has 12 atom stereocenters. The molecule has 9 N–H and O–H groups in total. The summed E-state index contributed by atoms with van der Waals surface area (Å²) in [6.45, 7) is 61.9. The number of anilines is 4. The van der Waals surface area contributed by atoms with Crippen LogP contribution >= 0.6 is 34.2 Å². The molecule has 0 bridgehead atoms. The van der Waals surface area contributed by atoms with E-state index in [9.17, 15) is 25.5 Å². The molecule has 142 heavy (non-hydrogen) atoms. The molecule has 6 fully saturated rings. The molecule has 31 nitrogen and oxygen atoms in total. The Balaban J connectivity index is 0.000000173. The van der Waals surface area contributed by atoms with E-state index in [1.165, 1.54) is 80.1 Å². The van der Waals surface area contributed by atoms with Crippen molar-refractivity contribution in [3.8, 4) is 12.1 Å². The van der Waals surface area contributed by atoms with Gasteiger partial charge in [0.15, 0.2) is 41.6 Å². The number of nitriles is 2. The highest BCUT2D eigenvalue weighted by atomic mass is 127. The highest BCUT2D eigenvalue weighted by Gasteiger charge is 2.46. The molecule has 0 unspecified atom stereocenters. The van der Waals surface area contributed by atoms with Gasteiger partial charge in [0.1, 0.15) is 100 Å². The standard InChI is InChI=1S/C20H31N5OSi.C19H31IN4OSi.C19H32N4OSi.C15H16N6O2.C12H27NOSi.C12H26O2Si.C7H6ClN3/c1-20(2,3)27(5,6)26-16-9-7-8-15(10-16)24-18-17-14(11-21)12-25(4)19(17)23-13-22-18;1-19(2,3)26(5,6)25-14-9-7-8-13(10-14)23-17-16-15(20)11-24(4)18(16)22-12-21-17;1-19(2,3)25(5,6)24-15-9-7-8-14(12-15)22-17-16-10-11-23(4)18(16)21-13-20-17;1-2-12(23)21-6-10(3-11(22)7-21)20-15-13-9(4-16)5-17-14(13)18-8-19-15;2*1-12(2,3)15(4,5)14-11-8-6-7-10(13)9-11;1-11-3-2-5-6(8)9-4-10-7(5)11/h12-13,15-16H,7-10H2,1-6H3,(H,22,23,24);11-14H,7-10H2,1-6H3,(H,21,22,23);10-11,13-15H,7-9,12H2,1-6H3,(H,20,21,22);2,5,8,10-11,22H,1,3,6-7H2,(H2,17,18,19,20);10-11H,6-9,13H2,1-5H3;10-11,13H,6-9H2,1-5H3;2-4H,1H3/t15-,16+;13-,14+;14-,15+;3*10-,11+;/m000100./s1. The van der Waals surface area contributed by atoms with Crippen LogP contribution in [0.15, 0.2) is 87.4 Å². The van der Waals surface area contributed by atoms with Gasteiger partial charge in [-0.15, -0.1) is 0 Å². The second-order valence-corrected chi connectivity index (χ2v) is 72.9. The van der Waals surface area contributed by atoms with Crippen molar-refractivity contribution in [3.63, 3.8) is 0 Å². The van der Waals surface area contributed by atoms with E-state index in [2.05, 4.69) is 304 Å². The number of aliphatic hydroxyl groups is 2. The molecule has 16 rings (SSSR count). The summed E-state index contributed by atoms with van der Waals surface area (Å²) in [7, 11) is -0.533. The molecule has 10 aromatic rings. The Hall–Kier alpha value is -7.73. The minimum Gasteiger partial charge on any atom is -0.414 e. The number of likely N-dealkylation sites (tertiary alicyclic amines) is 1. The molecule has 5 aliphatic carbocycles. The minimum atomic E-state index is -1.77. The maximum atomic E-state index is 11.8. The van der Waals surface area contributed by atoms with Crippen LogP contribution in [0.4, 0.5) is 23.3 Å². The van der Waals surface area contributed by atoms with Crippen LogP contribution in [0.1, 0.15) is 250 Å². The number of aryl methyl sites for hydroxylation is 4. The summed E-state index contributed by atoms with van der Waals surface area (Å²) in [5.74, 6) is 2.96. The second kappa shape index (κ2) is 48.9. The first-order chi connectivity index (χ1) is 66.2. The van der Waals surface area contributed by atoms with E-state index in [4.69, 9.17) is 39.5 Å². The van der Waals surface area contributed by atoms with Gasteiger partial charge in [-0.2, -0.15) is 10.5 Å². The number of halogens is 2.